The van der Waals surface area contributed by atoms with Gasteiger partial charge in [0.2, 0.25) is 5.91 Å². The number of carbonyl (C=O) groups is 1. The van der Waals surface area contributed by atoms with Crippen LogP contribution in [0.3, 0.4) is 0 Å². The van der Waals surface area contributed by atoms with Gasteiger partial charge in [-0.1, -0.05) is 31.5 Å². The molecule has 1 aromatic rings. The molecular formula is C14H19ClFNO2. The third-order valence-corrected chi connectivity index (χ3v) is 3.03. The Morgan fingerprint density at radius 3 is 2.74 bits per heavy atom. The molecule has 0 aliphatic heterocycles. The fourth-order valence-electron chi connectivity index (χ4n) is 1.78. The Balaban J connectivity index is 2.48. The summed E-state index contributed by atoms with van der Waals surface area (Å²) in [6.45, 7) is 4.15. The van der Waals surface area contributed by atoms with Gasteiger partial charge in [0, 0.05) is 17.1 Å². The zero-order chi connectivity index (χ0) is 14.4. The first-order valence-electron chi connectivity index (χ1n) is 6.27. The van der Waals surface area contributed by atoms with E-state index in [0.29, 0.717) is 12.3 Å². The van der Waals surface area contributed by atoms with Crippen molar-refractivity contribution >= 4 is 17.5 Å². The molecule has 1 rings (SSSR count). The van der Waals surface area contributed by atoms with Crippen molar-refractivity contribution in [1.82, 2.24) is 5.32 Å². The number of halogens is 2. The van der Waals surface area contributed by atoms with E-state index in [-0.39, 0.29) is 29.5 Å². The van der Waals surface area contributed by atoms with Crippen molar-refractivity contribution in [3.8, 4) is 0 Å². The Labute approximate surface area is 117 Å². The van der Waals surface area contributed by atoms with Gasteiger partial charge in [0.15, 0.2) is 0 Å². The van der Waals surface area contributed by atoms with Crippen LogP contribution in [0, 0.1) is 11.7 Å². The molecular weight excluding hydrogens is 269 g/mol. The zero-order valence-electron chi connectivity index (χ0n) is 11.1. The van der Waals surface area contributed by atoms with Crippen molar-refractivity contribution in [2.75, 3.05) is 6.54 Å². The van der Waals surface area contributed by atoms with Crippen LogP contribution in [0.25, 0.3) is 0 Å². The van der Waals surface area contributed by atoms with E-state index < -0.39 is 11.9 Å². The molecule has 3 nitrogen and oxygen atoms in total. The van der Waals surface area contributed by atoms with Gasteiger partial charge in [-0.05, 0) is 24.5 Å². The molecule has 0 heterocycles. The summed E-state index contributed by atoms with van der Waals surface area (Å²) >= 11 is 5.84. The Bertz CT molecular complexity index is 417. The van der Waals surface area contributed by atoms with Gasteiger partial charge in [0.1, 0.15) is 5.82 Å². The van der Waals surface area contributed by atoms with Crippen LogP contribution in [0.4, 0.5) is 4.39 Å². The number of benzene rings is 1. The second kappa shape index (κ2) is 7.46. The number of amides is 1. The van der Waals surface area contributed by atoms with E-state index in [4.69, 9.17) is 11.6 Å². The highest BCUT2D eigenvalue weighted by atomic mass is 35.5. The van der Waals surface area contributed by atoms with Crippen LogP contribution in [0.2, 0.25) is 5.02 Å². The van der Waals surface area contributed by atoms with Crippen molar-refractivity contribution in [3.05, 3.63) is 34.6 Å². The molecule has 1 aromatic carbocycles. The van der Waals surface area contributed by atoms with Crippen LogP contribution < -0.4 is 5.32 Å². The van der Waals surface area contributed by atoms with Crippen molar-refractivity contribution < 1.29 is 14.3 Å². The minimum Gasteiger partial charge on any atom is -0.391 e. The van der Waals surface area contributed by atoms with Crippen LogP contribution in [0.5, 0.6) is 0 Å². The molecule has 0 saturated carbocycles. The van der Waals surface area contributed by atoms with E-state index in [2.05, 4.69) is 5.32 Å². The Hall–Kier alpha value is -1.13. The molecule has 0 aromatic heterocycles. The molecule has 0 aliphatic rings. The van der Waals surface area contributed by atoms with E-state index in [1.165, 1.54) is 12.1 Å². The maximum atomic E-state index is 13.5. The molecule has 1 atom stereocenters. The Kier molecular flexibility index (Phi) is 6.25. The van der Waals surface area contributed by atoms with Gasteiger partial charge in [0.25, 0.3) is 0 Å². The first-order valence-corrected chi connectivity index (χ1v) is 6.65. The average molecular weight is 288 g/mol. The molecule has 0 fully saturated rings. The third kappa shape index (κ3) is 5.57. The normalized spacial score (nSPS) is 12.5. The van der Waals surface area contributed by atoms with Crippen LogP contribution in [0.15, 0.2) is 18.2 Å². The SMILES string of the molecule is CC(C)CC(O)CNC(=O)Cc1c(F)cccc1Cl. The van der Waals surface area contributed by atoms with E-state index in [9.17, 15) is 14.3 Å². The summed E-state index contributed by atoms with van der Waals surface area (Å²) in [4.78, 5) is 11.7. The Morgan fingerprint density at radius 1 is 1.47 bits per heavy atom. The molecule has 1 amide bonds. The van der Waals surface area contributed by atoms with Gasteiger partial charge in [-0.25, -0.2) is 4.39 Å². The van der Waals surface area contributed by atoms with Gasteiger partial charge in [-0.15, -0.1) is 0 Å². The van der Waals surface area contributed by atoms with Crippen molar-refractivity contribution in [2.24, 2.45) is 5.92 Å². The first kappa shape index (κ1) is 15.9. The van der Waals surface area contributed by atoms with Crippen molar-refractivity contribution in [1.29, 1.82) is 0 Å². The summed E-state index contributed by atoms with van der Waals surface area (Å²) in [5.41, 5.74) is 0.181. The highest BCUT2D eigenvalue weighted by Crippen LogP contribution is 2.19. The number of hydrogen-bond acceptors (Lipinski definition) is 2. The fourth-order valence-corrected chi connectivity index (χ4v) is 2.01. The van der Waals surface area contributed by atoms with Gasteiger partial charge >= 0.3 is 0 Å². The van der Waals surface area contributed by atoms with Crippen LogP contribution in [0.1, 0.15) is 25.8 Å². The molecule has 106 valence electrons. The Morgan fingerprint density at radius 2 is 2.16 bits per heavy atom. The lowest BCUT2D eigenvalue weighted by atomic mass is 10.1. The number of aliphatic hydroxyl groups is 1. The molecule has 0 spiro atoms. The third-order valence-electron chi connectivity index (χ3n) is 2.68. The lowest BCUT2D eigenvalue weighted by Crippen LogP contribution is -2.33. The molecule has 5 heteroatoms. The highest BCUT2D eigenvalue weighted by Gasteiger charge is 2.13. The van der Waals surface area contributed by atoms with E-state index in [1.54, 1.807) is 6.07 Å². The number of hydrogen-bond donors (Lipinski definition) is 2. The van der Waals surface area contributed by atoms with E-state index in [1.807, 2.05) is 13.8 Å². The minimum absolute atomic E-state index is 0.125. The van der Waals surface area contributed by atoms with Crippen molar-refractivity contribution in [2.45, 2.75) is 32.8 Å². The molecule has 1 unspecified atom stereocenters. The molecule has 0 radical (unpaired) electrons. The van der Waals surface area contributed by atoms with Gasteiger partial charge < -0.3 is 10.4 Å². The van der Waals surface area contributed by atoms with Gasteiger partial charge in [-0.2, -0.15) is 0 Å². The van der Waals surface area contributed by atoms with Gasteiger partial charge in [-0.3, -0.25) is 4.79 Å². The first-order chi connectivity index (χ1) is 8.90. The van der Waals surface area contributed by atoms with E-state index in [0.717, 1.165) is 0 Å². The van der Waals surface area contributed by atoms with E-state index >= 15 is 0 Å². The van der Waals surface area contributed by atoms with Crippen LogP contribution in [-0.2, 0) is 11.2 Å². The smallest absolute Gasteiger partial charge is 0.224 e. The maximum absolute atomic E-state index is 13.5. The lowest BCUT2D eigenvalue weighted by molar-refractivity contribution is -0.121. The summed E-state index contributed by atoms with van der Waals surface area (Å²) < 4.78 is 13.5. The predicted molar refractivity (Wildman–Crippen MR) is 73.6 cm³/mol. The lowest BCUT2D eigenvalue weighted by Gasteiger charge is -2.14. The van der Waals surface area contributed by atoms with Crippen LogP contribution in [-0.4, -0.2) is 23.7 Å². The number of rotatable bonds is 6. The van der Waals surface area contributed by atoms with Gasteiger partial charge in [0.05, 0.1) is 12.5 Å². The largest absolute Gasteiger partial charge is 0.391 e. The average Bonchev–Trinajstić information content (AvgIpc) is 2.30. The molecule has 0 bridgehead atoms. The minimum atomic E-state index is -0.583. The topological polar surface area (TPSA) is 49.3 Å². The quantitative estimate of drug-likeness (QED) is 0.845. The summed E-state index contributed by atoms with van der Waals surface area (Å²) in [6.07, 6.45) is -0.0965. The summed E-state index contributed by atoms with van der Waals surface area (Å²) in [5.74, 6) is -0.493. The highest BCUT2D eigenvalue weighted by molar-refractivity contribution is 6.31. The molecule has 0 aliphatic carbocycles. The zero-order valence-corrected chi connectivity index (χ0v) is 11.9. The fraction of sp³-hybridized carbons (Fsp3) is 0.500. The standard InChI is InChI=1S/C14H19ClFNO2/c1-9(2)6-10(18)8-17-14(19)7-11-12(15)4-3-5-13(11)16/h3-5,9-10,18H,6-8H2,1-2H3,(H,17,19). The molecule has 0 saturated heterocycles. The summed E-state index contributed by atoms with van der Waals surface area (Å²) in [5, 5.41) is 12.4. The molecule has 2 N–H and O–H groups in total. The maximum Gasteiger partial charge on any atom is 0.224 e. The predicted octanol–water partition coefficient (Wildman–Crippen LogP) is 2.54. The number of aliphatic hydroxyl groups excluding tert-OH is 1. The summed E-state index contributed by atoms with van der Waals surface area (Å²) in [6, 6.07) is 4.30. The number of nitrogens with one attached hydrogen (secondary N) is 1. The number of carbonyl (C=O) groups excluding carboxylic acids is 1. The second-order valence-electron chi connectivity index (χ2n) is 4.96. The monoisotopic (exact) mass is 287 g/mol. The van der Waals surface area contributed by atoms with Crippen LogP contribution >= 0.6 is 11.6 Å². The second-order valence-corrected chi connectivity index (χ2v) is 5.37. The molecule has 19 heavy (non-hydrogen) atoms. The summed E-state index contributed by atoms with van der Waals surface area (Å²) in [7, 11) is 0. The van der Waals surface area contributed by atoms with Crippen molar-refractivity contribution in [3.63, 3.8) is 0 Å².